The minimum absolute atomic E-state index is 0. The van der Waals surface area contributed by atoms with Gasteiger partial charge in [-0.05, 0) is 41.7 Å². The van der Waals surface area contributed by atoms with Crippen molar-refractivity contribution in [2.24, 2.45) is 11.8 Å². The van der Waals surface area contributed by atoms with Crippen LogP contribution >= 0.6 is 16.2 Å². The summed E-state index contributed by atoms with van der Waals surface area (Å²) < 4.78 is 43.5. The number of fused-ring (bicyclic) bond motifs is 2. The van der Waals surface area contributed by atoms with Crippen molar-refractivity contribution in [1.29, 1.82) is 0 Å². The molecule has 1 heterocycles. The Kier molecular flexibility index (Phi) is 14.7. The number of halogens is 1. The van der Waals surface area contributed by atoms with Gasteiger partial charge < -0.3 is 4.52 Å². The van der Waals surface area contributed by atoms with E-state index in [1.54, 1.807) is 0 Å². The van der Waals surface area contributed by atoms with Crippen LogP contribution in [0, 0.1) is 22.1 Å². The summed E-state index contributed by atoms with van der Waals surface area (Å²) in [5.41, 5.74) is 0. The number of nitrogens with zero attached hydrogens (tertiary/aromatic N) is 1. The van der Waals surface area contributed by atoms with Gasteiger partial charge in [-0.25, -0.2) is 18.6 Å². The molecule has 1 fully saturated rings. The second-order valence-corrected chi connectivity index (χ2v) is 15.7. The molecule has 3 aliphatic rings. The maximum Gasteiger partial charge on any atom is 0.0918 e. The quantitative estimate of drug-likeness (QED) is 0.155. The SMILES string of the molecule is C1=CC2C=CC1C2.[O-][Cl+3]([O-])([O-])[O-].[Rh].c1ccc(P(OC[C@@H]2CCCN2P(c2ccccc2)c2ccccc2)c2ccccc2)cc1. The molecule has 0 spiro atoms. The normalized spacial score (nSPS) is 19.7. The van der Waals surface area contributed by atoms with Crippen LogP contribution in [0.1, 0.15) is 19.3 Å². The third-order valence-corrected chi connectivity index (χ3v) is 12.3. The molecule has 46 heavy (non-hydrogen) atoms. The molecule has 4 aromatic rings. The van der Waals surface area contributed by atoms with Crippen molar-refractivity contribution in [2.45, 2.75) is 25.3 Å². The third-order valence-electron chi connectivity index (χ3n) is 7.74. The van der Waals surface area contributed by atoms with Gasteiger partial charge in [-0.1, -0.05) is 146 Å². The van der Waals surface area contributed by atoms with Crippen LogP contribution in [0.4, 0.5) is 0 Å². The Bertz CT molecular complexity index is 1380. The number of rotatable bonds is 8. The van der Waals surface area contributed by atoms with Crippen LogP contribution in [0.15, 0.2) is 146 Å². The summed E-state index contributed by atoms with van der Waals surface area (Å²) in [5, 5.41) is 5.38. The van der Waals surface area contributed by atoms with E-state index in [1.807, 2.05) is 0 Å². The average molecular weight is 764 g/mol. The summed E-state index contributed by atoms with van der Waals surface area (Å²) in [6, 6.07) is 43.9. The minimum atomic E-state index is -4.94. The van der Waals surface area contributed by atoms with Crippen LogP contribution in [0.2, 0.25) is 0 Å². The van der Waals surface area contributed by atoms with E-state index < -0.39 is 26.5 Å². The summed E-state index contributed by atoms with van der Waals surface area (Å²) in [5.74, 6) is 1.62. The van der Waals surface area contributed by atoms with E-state index >= 15 is 0 Å². The van der Waals surface area contributed by atoms with Crippen molar-refractivity contribution >= 4 is 37.4 Å². The summed E-state index contributed by atoms with van der Waals surface area (Å²) >= 11 is 0. The summed E-state index contributed by atoms with van der Waals surface area (Å²) in [6.45, 7) is 1.88. The third kappa shape index (κ3) is 11.3. The maximum atomic E-state index is 8.49. The summed E-state index contributed by atoms with van der Waals surface area (Å²) in [6.07, 6.45) is 13.0. The fourth-order valence-electron chi connectivity index (χ4n) is 5.75. The van der Waals surface area contributed by atoms with E-state index in [9.17, 15) is 0 Å². The van der Waals surface area contributed by atoms with Gasteiger partial charge in [0.25, 0.3) is 0 Å². The molecular formula is C36H37ClNO5P2Rh-. The standard InChI is InChI=1S/C29H29NOP2.C7H8.ClHO4.Rh/c1-5-15-26(16-6-1)32(27-17-7-2-8-18-27)30-23-13-14-25(30)24-31-33(28-19-9-3-10-20-28)29-21-11-4-12-22-29;1-2-7-4-3-6(1)5-7;2-1(3,4)5;/h1-12,15-22,25H,13-14,23-24H2;1-4,6-7H,5H2;(H,2,3,4,5);/p-1/t25-;;;/m0.../s1. The van der Waals surface area contributed by atoms with Gasteiger partial charge in [-0.15, -0.1) is 10.2 Å². The molecule has 0 saturated carbocycles. The predicted octanol–water partition coefficient (Wildman–Crippen LogP) is 2.55. The predicted molar refractivity (Wildman–Crippen MR) is 174 cm³/mol. The first kappa shape index (κ1) is 36.7. The Morgan fingerprint density at radius 2 is 0.978 bits per heavy atom. The smallest absolute Gasteiger partial charge is 0.0918 e. The molecule has 243 valence electrons. The Morgan fingerprint density at radius 3 is 1.33 bits per heavy atom. The molecule has 0 N–H and O–H groups in total. The molecule has 1 atom stereocenters. The minimum Gasteiger partial charge on any atom is -0.348 e. The first-order chi connectivity index (χ1) is 21.8. The van der Waals surface area contributed by atoms with Crippen molar-refractivity contribution in [3.8, 4) is 0 Å². The van der Waals surface area contributed by atoms with Crippen LogP contribution < -0.4 is 39.9 Å². The average Bonchev–Trinajstić information content (AvgIpc) is 3.83. The van der Waals surface area contributed by atoms with Crippen LogP contribution in [0.25, 0.3) is 0 Å². The summed E-state index contributed by atoms with van der Waals surface area (Å²) in [7, 11) is -6.35. The molecule has 0 aromatic heterocycles. The van der Waals surface area contributed by atoms with E-state index in [1.165, 1.54) is 40.5 Å². The summed E-state index contributed by atoms with van der Waals surface area (Å²) in [4.78, 5) is 0. The molecule has 2 bridgehead atoms. The van der Waals surface area contributed by atoms with Crippen LogP contribution in [0.3, 0.4) is 0 Å². The second-order valence-electron chi connectivity index (χ2n) is 10.9. The van der Waals surface area contributed by atoms with Gasteiger partial charge in [0.1, 0.15) is 0 Å². The molecule has 1 saturated heterocycles. The second kappa shape index (κ2) is 18.4. The van der Waals surface area contributed by atoms with E-state index in [0.717, 1.165) is 25.0 Å². The molecule has 2 aliphatic carbocycles. The monoisotopic (exact) mass is 763 g/mol. The van der Waals surface area contributed by atoms with Crippen molar-refractivity contribution < 1.29 is 52.9 Å². The van der Waals surface area contributed by atoms with E-state index in [0.29, 0.717) is 6.04 Å². The van der Waals surface area contributed by atoms with E-state index in [4.69, 9.17) is 23.2 Å². The van der Waals surface area contributed by atoms with E-state index in [2.05, 4.69) is 150 Å². The first-order valence-electron chi connectivity index (χ1n) is 15.0. The van der Waals surface area contributed by atoms with Crippen LogP contribution in [-0.4, -0.2) is 23.9 Å². The van der Waals surface area contributed by atoms with Gasteiger partial charge in [0.2, 0.25) is 0 Å². The molecule has 1 aliphatic heterocycles. The maximum absolute atomic E-state index is 8.49. The number of hydrogen-bond donors (Lipinski definition) is 0. The Hall–Kier alpha value is -2.11. The van der Waals surface area contributed by atoms with Gasteiger partial charge in [-0.3, -0.25) is 4.67 Å². The van der Waals surface area contributed by atoms with Crippen molar-refractivity contribution in [3.05, 3.63) is 146 Å². The molecular weight excluding hydrogens is 727 g/mol. The fourth-order valence-corrected chi connectivity index (χ4v) is 10.2. The first-order valence-corrected chi connectivity index (χ1v) is 18.8. The van der Waals surface area contributed by atoms with Crippen LogP contribution in [0.5, 0.6) is 0 Å². The largest absolute Gasteiger partial charge is 0.348 e. The van der Waals surface area contributed by atoms with Crippen molar-refractivity contribution in [2.75, 3.05) is 13.2 Å². The number of allylic oxidation sites excluding steroid dienone is 4. The molecule has 1 radical (unpaired) electrons. The van der Waals surface area contributed by atoms with Gasteiger partial charge in [0.05, 0.1) is 14.8 Å². The molecule has 7 rings (SSSR count). The van der Waals surface area contributed by atoms with Gasteiger partial charge in [0.15, 0.2) is 0 Å². The van der Waals surface area contributed by atoms with Gasteiger partial charge in [-0.2, -0.15) is 0 Å². The zero-order chi connectivity index (χ0) is 31.5. The Labute approximate surface area is 289 Å². The van der Waals surface area contributed by atoms with Gasteiger partial charge >= 0.3 is 0 Å². The molecule has 6 nitrogen and oxygen atoms in total. The fraction of sp³-hybridized carbons (Fsp3) is 0.222. The molecule has 10 heteroatoms. The van der Waals surface area contributed by atoms with Crippen molar-refractivity contribution in [1.82, 2.24) is 4.67 Å². The topological polar surface area (TPSA) is 105 Å². The number of hydrogen-bond acceptors (Lipinski definition) is 6. The Morgan fingerprint density at radius 1 is 0.609 bits per heavy atom. The Balaban J connectivity index is 0.000000309. The van der Waals surface area contributed by atoms with Gasteiger partial charge in [0, 0.05) is 50.7 Å². The zero-order valence-corrected chi connectivity index (χ0v) is 29.4. The zero-order valence-electron chi connectivity index (χ0n) is 25.2. The van der Waals surface area contributed by atoms with Crippen LogP contribution in [-0.2, 0) is 24.0 Å². The molecule has 0 unspecified atom stereocenters. The molecule has 4 aromatic carbocycles. The molecule has 0 amide bonds. The van der Waals surface area contributed by atoms with E-state index in [-0.39, 0.29) is 19.5 Å². The van der Waals surface area contributed by atoms with Crippen molar-refractivity contribution in [3.63, 3.8) is 0 Å². The number of benzene rings is 4.